The molecule has 3 aliphatic carbocycles. The molecule has 3 fully saturated rings. The summed E-state index contributed by atoms with van der Waals surface area (Å²) < 4.78 is 24.2. The summed E-state index contributed by atoms with van der Waals surface area (Å²) in [5, 5.41) is 24.2. The molecule has 5 rings (SSSR count). The summed E-state index contributed by atoms with van der Waals surface area (Å²) in [4.78, 5) is 24.9. The Hall–Kier alpha value is -2.69. The number of aromatic nitrogens is 2. The van der Waals surface area contributed by atoms with E-state index in [0.29, 0.717) is 25.7 Å². The maximum atomic E-state index is 13.5. The number of amides is 2. The minimum atomic E-state index is -0.846. The molecule has 0 saturated heterocycles. The summed E-state index contributed by atoms with van der Waals surface area (Å²) in [6, 6.07) is 6.94. The Morgan fingerprint density at radius 3 is 2.38 bits per heavy atom. The number of rotatable bonds is 8. The zero-order chi connectivity index (χ0) is 24.3. The van der Waals surface area contributed by atoms with Crippen molar-refractivity contribution in [2.75, 3.05) is 13.2 Å². The van der Waals surface area contributed by atoms with Crippen LogP contribution >= 0.6 is 23.2 Å². The highest BCUT2D eigenvalue weighted by atomic mass is 35.5. The number of nitrogens with one attached hydrogen (secondary N) is 2. The quantitative estimate of drug-likeness (QED) is 0.496. The third-order valence-electron chi connectivity index (χ3n) is 6.33. The van der Waals surface area contributed by atoms with Crippen LogP contribution in [0.15, 0.2) is 30.3 Å². The van der Waals surface area contributed by atoms with Gasteiger partial charge in [0, 0.05) is 17.7 Å². The van der Waals surface area contributed by atoms with Crippen molar-refractivity contribution < 1.29 is 28.6 Å². The van der Waals surface area contributed by atoms with Crippen molar-refractivity contribution >= 4 is 35.0 Å². The number of fused-ring (bicyclic) bond motifs is 3. The highest BCUT2D eigenvalue weighted by Gasteiger charge is 2.55. The maximum absolute atomic E-state index is 13.5. The lowest BCUT2D eigenvalue weighted by Crippen LogP contribution is -2.70. The van der Waals surface area contributed by atoms with Crippen molar-refractivity contribution in [3.63, 3.8) is 0 Å². The lowest BCUT2D eigenvalue weighted by atomic mass is 9.60. The van der Waals surface area contributed by atoms with Crippen LogP contribution in [0.5, 0.6) is 11.6 Å². The lowest BCUT2D eigenvalue weighted by Gasteiger charge is -2.56. The molecular weight excluding hydrogens is 490 g/mol. The standard InChI is InChI=1S/C22H23Cl2FN4O5/c23-14-2-1-13(9-15(14)25)33-11-18(31)26-21-5-7-22(8-6-21,16(30)10-21)27-19(32)12-34-20-4-3-17(24)28-29-20/h1-4,9,16,30H,5-8,10-12H2,(H,26,31)(H,27,32)/t16-,21?,22?/m0/s1. The monoisotopic (exact) mass is 512 g/mol. The largest absolute Gasteiger partial charge is 0.484 e. The van der Waals surface area contributed by atoms with Gasteiger partial charge in [0.25, 0.3) is 11.8 Å². The molecular formula is C22H23Cl2FN4O5. The Morgan fingerprint density at radius 2 is 1.74 bits per heavy atom. The molecule has 1 aromatic carbocycles. The molecule has 12 heteroatoms. The molecule has 2 aromatic rings. The van der Waals surface area contributed by atoms with E-state index in [0.717, 1.165) is 6.07 Å². The van der Waals surface area contributed by atoms with E-state index in [2.05, 4.69) is 20.8 Å². The van der Waals surface area contributed by atoms with Crippen LogP contribution in [0.1, 0.15) is 32.1 Å². The van der Waals surface area contributed by atoms with E-state index in [1.165, 1.54) is 24.3 Å². The molecule has 1 heterocycles. The molecule has 0 spiro atoms. The molecule has 34 heavy (non-hydrogen) atoms. The molecule has 2 amide bonds. The fraction of sp³-hybridized carbons (Fsp3) is 0.455. The van der Waals surface area contributed by atoms with E-state index in [1.807, 2.05) is 0 Å². The summed E-state index contributed by atoms with van der Waals surface area (Å²) in [7, 11) is 0. The van der Waals surface area contributed by atoms with E-state index in [-0.39, 0.29) is 47.3 Å². The van der Waals surface area contributed by atoms with Gasteiger partial charge in [0.2, 0.25) is 5.88 Å². The second-order valence-corrected chi connectivity index (χ2v) is 9.39. The number of aliphatic hydroxyl groups excluding tert-OH is 1. The van der Waals surface area contributed by atoms with Crippen LogP contribution in [0, 0.1) is 5.82 Å². The molecule has 0 radical (unpaired) electrons. The van der Waals surface area contributed by atoms with Crippen molar-refractivity contribution in [2.45, 2.75) is 49.3 Å². The summed E-state index contributed by atoms with van der Waals surface area (Å²) >= 11 is 11.3. The average molecular weight is 513 g/mol. The molecule has 3 aliphatic rings. The van der Waals surface area contributed by atoms with Gasteiger partial charge >= 0.3 is 0 Å². The van der Waals surface area contributed by atoms with E-state index < -0.39 is 28.9 Å². The van der Waals surface area contributed by atoms with Crippen LogP contribution in [0.25, 0.3) is 0 Å². The van der Waals surface area contributed by atoms with Crippen LogP contribution < -0.4 is 20.1 Å². The van der Waals surface area contributed by atoms with Gasteiger partial charge in [0.1, 0.15) is 11.6 Å². The fourth-order valence-corrected chi connectivity index (χ4v) is 4.76. The number of aliphatic hydroxyl groups is 1. The molecule has 0 aliphatic heterocycles. The van der Waals surface area contributed by atoms with Gasteiger partial charge in [-0.2, -0.15) is 0 Å². The second-order valence-electron chi connectivity index (χ2n) is 8.60. The molecule has 2 bridgehead atoms. The van der Waals surface area contributed by atoms with Gasteiger partial charge in [-0.3, -0.25) is 9.59 Å². The highest BCUT2D eigenvalue weighted by molar-refractivity contribution is 6.30. The van der Waals surface area contributed by atoms with Crippen molar-refractivity contribution in [3.05, 3.63) is 46.3 Å². The summed E-state index contributed by atoms with van der Waals surface area (Å²) in [5.74, 6) is -1.05. The SMILES string of the molecule is O=C(COc1ccc(Cl)c(F)c1)NC12CCC(NC(=O)COc3ccc(Cl)nn3)(CC1)[C@@H](O)C2. The van der Waals surface area contributed by atoms with Crippen LogP contribution in [-0.2, 0) is 9.59 Å². The topological polar surface area (TPSA) is 123 Å². The molecule has 3 N–H and O–H groups in total. The summed E-state index contributed by atoms with van der Waals surface area (Å²) in [6.07, 6.45) is 1.58. The molecule has 3 saturated carbocycles. The molecule has 9 nitrogen and oxygen atoms in total. The third-order valence-corrected chi connectivity index (χ3v) is 6.84. The predicted octanol–water partition coefficient (Wildman–Crippen LogP) is 2.43. The van der Waals surface area contributed by atoms with Crippen LogP contribution in [0.2, 0.25) is 10.2 Å². The first kappa shape index (κ1) is 24.4. The predicted molar refractivity (Wildman–Crippen MR) is 120 cm³/mol. The number of nitrogens with zero attached hydrogens (tertiary/aromatic N) is 2. The van der Waals surface area contributed by atoms with E-state index in [9.17, 15) is 19.1 Å². The second kappa shape index (κ2) is 9.89. The zero-order valence-electron chi connectivity index (χ0n) is 18.0. The number of halogens is 3. The van der Waals surface area contributed by atoms with Crippen LogP contribution in [0.4, 0.5) is 4.39 Å². The summed E-state index contributed by atoms with van der Waals surface area (Å²) in [5.41, 5.74) is -1.37. The van der Waals surface area contributed by atoms with Crippen LogP contribution in [-0.4, -0.2) is 57.5 Å². The van der Waals surface area contributed by atoms with Crippen molar-refractivity contribution in [3.8, 4) is 11.6 Å². The van der Waals surface area contributed by atoms with Crippen molar-refractivity contribution in [2.24, 2.45) is 0 Å². The molecule has 1 atom stereocenters. The van der Waals surface area contributed by atoms with E-state index >= 15 is 0 Å². The average Bonchev–Trinajstić information content (AvgIpc) is 2.81. The van der Waals surface area contributed by atoms with Crippen molar-refractivity contribution in [1.82, 2.24) is 20.8 Å². The van der Waals surface area contributed by atoms with E-state index in [1.54, 1.807) is 0 Å². The van der Waals surface area contributed by atoms with E-state index in [4.69, 9.17) is 32.7 Å². The van der Waals surface area contributed by atoms with Gasteiger partial charge in [-0.05, 0) is 50.3 Å². The first-order chi connectivity index (χ1) is 16.2. The Labute approximate surface area is 204 Å². The number of hydrogen-bond donors (Lipinski definition) is 3. The first-order valence-corrected chi connectivity index (χ1v) is 11.4. The Kier molecular flexibility index (Phi) is 7.11. The van der Waals surface area contributed by atoms with Gasteiger partial charge in [-0.15, -0.1) is 10.2 Å². The number of carbonyl (C=O) groups excluding carboxylic acids is 2. The van der Waals surface area contributed by atoms with Crippen LogP contribution in [0.3, 0.4) is 0 Å². The van der Waals surface area contributed by atoms with Crippen molar-refractivity contribution in [1.29, 1.82) is 0 Å². The minimum absolute atomic E-state index is 0.0325. The Morgan fingerprint density at radius 1 is 1.03 bits per heavy atom. The van der Waals surface area contributed by atoms with Gasteiger partial charge < -0.3 is 25.2 Å². The zero-order valence-corrected chi connectivity index (χ0v) is 19.5. The molecule has 182 valence electrons. The number of benzene rings is 1. The normalized spacial score (nSPS) is 25.5. The van der Waals surface area contributed by atoms with Gasteiger partial charge in [0.05, 0.1) is 16.7 Å². The minimum Gasteiger partial charge on any atom is -0.484 e. The smallest absolute Gasteiger partial charge is 0.258 e. The third kappa shape index (κ3) is 5.51. The Balaban J connectivity index is 1.27. The lowest BCUT2D eigenvalue weighted by molar-refractivity contribution is -0.137. The number of carbonyl (C=O) groups is 2. The number of hydrogen-bond acceptors (Lipinski definition) is 7. The molecule has 0 unspecified atom stereocenters. The first-order valence-electron chi connectivity index (χ1n) is 10.7. The van der Waals surface area contributed by atoms with Gasteiger partial charge in [-0.1, -0.05) is 23.2 Å². The Bertz CT molecular complexity index is 1060. The maximum Gasteiger partial charge on any atom is 0.258 e. The van der Waals surface area contributed by atoms with Gasteiger partial charge in [-0.25, -0.2) is 4.39 Å². The number of ether oxygens (including phenoxy) is 2. The van der Waals surface area contributed by atoms with Gasteiger partial charge in [0.15, 0.2) is 18.4 Å². The molecule has 1 aromatic heterocycles. The highest BCUT2D eigenvalue weighted by Crippen LogP contribution is 2.47. The fourth-order valence-electron chi connectivity index (χ4n) is 4.54. The summed E-state index contributed by atoms with van der Waals surface area (Å²) in [6.45, 7) is -0.582.